The van der Waals surface area contributed by atoms with Gasteiger partial charge in [0.1, 0.15) is 0 Å². The van der Waals surface area contributed by atoms with E-state index in [1.54, 1.807) is 0 Å². The number of hydrogen-bond acceptors (Lipinski definition) is 0. The molecule has 0 amide bonds. The van der Waals surface area contributed by atoms with E-state index in [1.807, 2.05) is 0 Å². The summed E-state index contributed by atoms with van der Waals surface area (Å²) >= 11 is 3.40. The topological polar surface area (TPSA) is 0 Å². The van der Waals surface area contributed by atoms with Gasteiger partial charge in [0.25, 0.3) is 0 Å². The van der Waals surface area contributed by atoms with Crippen molar-refractivity contribution in [3.05, 3.63) is 41.0 Å². The zero-order valence-corrected chi connectivity index (χ0v) is 9.33. The monoisotopic (exact) mass is 224 g/mol. The van der Waals surface area contributed by atoms with E-state index in [1.165, 1.54) is 22.3 Å². The Bertz CT molecular complexity index is 324. The molecule has 1 aromatic carbocycles. The van der Waals surface area contributed by atoms with Gasteiger partial charge in [-0.3, -0.25) is 0 Å². The highest BCUT2D eigenvalue weighted by Gasteiger charge is 2.02. The molecule has 0 aliphatic rings. The van der Waals surface area contributed by atoms with Crippen LogP contribution in [-0.4, -0.2) is 0 Å². The standard InChI is InChI=1S/C11H13Br/c1-7-5-9(3)11(10(4)12)6-8(7)2/h5-6H,4H2,1-3H3. The average molecular weight is 225 g/mol. The quantitative estimate of drug-likeness (QED) is 0.678. The maximum Gasteiger partial charge on any atom is 0.0178 e. The second-order valence-electron chi connectivity index (χ2n) is 3.16. The van der Waals surface area contributed by atoms with E-state index >= 15 is 0 Å². The Morgan fingerprint density at radius 3 is 2.08 bits per heavy atom. The predicted molar refractivity (Wildman–Crippen MR) is 58.6 cm³/mol. The summed E-state index contributed by atoms with van der Waals surface area (Å²) in [6.07, 6.45) is 0. The van der Waals surface area contributed by atoms with Crippen LogP contribution in [0.3, 0.4) is 0 Å². The Morgan fingerprint density at radius 2 is 1.58 bits per heavy atom. The smallest absolute Gasteiger partial charge is 0.0178 e. The van der Waals surface area contributed by atoms with Gasteiger partial charge in [-0.05, 0) is 43.0 Å². The maximum absolute atomic E-state index is 3.87. The summed E-state index contributed by atoms with van der Waals surface area (Å²) in [6.45, 7) is 10.2. The molecule has 0 aromatic heterocycles. The number of benzene rings is 1. The van der Waals surface area contributed by atoms with Crippen LogP contribution in [-0.2, 0) is 0 Å². The number of aryl methyl sites for hydroxylation is 3. The number of rotatable bonds is 1. The molecule has 0 atom stereocenters. The summed E-state index contributed by atoms with van der Waals surface area (Å²) in [5.41, 5.74) is 5.14. The molecule has 1 aromatic rings. The van der Waals surface area contributed by atoms with Crippen molar-refractivity contribution in [2.24, 2.45) is 0 Å². The van der Waals surface area contributed by atoms with E-state index in [-0.39, 0.29) is 0 Å². The molecule has 0 unspecified atom stereocenters. The Kier molecular flexibility index (Phi) is 2.73. The van der Waals surface area contributed by atoms with Crippen LogP contribution in [0.5, 0.6) is 0 Å². The minimum absolute atomic E-state index is 0.961. The third-order valence-electron chi connectivity index (χ3n) is 2.13. The molecule has 1 rings (SSSR count). The molecule has 12 heavy (non-hydrogen) atoms. The van der Waals surface area contributed by atoms with Gasteiger partial charge in [0.15, 0.2) is 0 Å². The summed E-state index contributed by atoms with van der Waals surface area (Å²) in [5, 5.41) is 0. The molecule has 0 spiro atoms. The molecule has 0 nitrogen and oxygen atoms in total. The van der Waals surface area contributed by atoms with E-state index in [9.17, 15) is 0 Å². The van der Waals surface area contributed by atoms with Crippen molar-refractivity contribution in [1.82, 2.24) is 0 Å². The molecule has 0 aliphatic heterocycles. The molecule has 0 aliphatic carbocycles. The van der Waals surface area contributed by atoms with Gasteiger partial charge >= 0.3 is 0 Å². The summed E-state index contributed by atoms with van der Waals surface area (Å²) in [7, 11) is 0. The lowest BCUT2D eigenvalue weighted by Crippen LogP contribution is -1.88. The van der Waals surface area contributed by atoms with Gasteiger partial charge in [-0.2, -0.15) is 0 Å². The summed E-state index contributed by atoms with van der Waals surface area (Å²) in [4.78, 5) is 0. The predicted octanol–water partition coefficient (Wildman–Crippen LogP) is 3.98. The molecule has 0 fully saturated rings. The molecule has 0 N–H and O–H groups in total. The van der Waals surface area contributed by atoms with E-state index in [0.29, 0.717) is 0 Å². The van der Waals surface area contributed by atoms with E-state index in [0.717, 1.165) is 4.48 Å². The minimum atomic E-state index is 0.961. The Hall–Kier alpha value is -0.560. The first kappa shape index (κ1) is 9.53. The average Bonchev–Trinajstić information content (AvgIpc) is 1.96. The fourth-order valence-electron chi connectivity index (χ4n) is 1.25. The first-order valence-corrected chi connectivity index (χ1v) is 4.74. The molecule has 0 radical (unpaired) electrons. The third kappa shape index (κ3) is 1.78. The molecular formula is C11H13Br. The van der Waals surface area contributed by atoms with Gasteiger partial charge in [-0.25, -0.2) is 0 Å². The second kappa shape index (κ2) is 3.44. The van der Waals surface area contributed by atoms with Crippen molar-refractivity contribution in [2.75, 3.05) is 0 Å². The van der Waals surface area contributed by atoms with Gasteiger partial charge in [0, 0.05) is 4.48 Å². The van der Waals surface area contributed by atoms with E-state index < -0.39 is 0 Å². The van der Waals surface area contributed by atoms with Gasteiger partial charge in [0.05, 0.1) is 0 Å². The lowest BCUT2D eigenvalue weighted by molar-refractivity contribution is 1.29. The van der Waals surface area contributed by atoms with Gasteiger partial charge in [-0.1, -0.05) is 34.6 Å². The van der Waals surface area contributed by atoms with Gasteiger partial charge in [0.2, 0.25) is 0 Å². The highest BCUT2D eigenvalue weighted by molar-refractivity contribution is 9.15. The Balaban J connectivity index is 3.33. The summed E-state index contributed by atoms with van der Waals surface area (Å²) in [6, 6.07) is 4.36. The molecular weight excluding hydrogens is 212 g/mol. The second-order valence-corrected chi connectivity index (χ2v) is 4.11. The Labute approximate surface area is 82.4 Å². The van der Waals surface area contributed by atoms with Crippen LogP contribution in [0, 0.1) is 20.8 Å². The molecule has 1 heteroatoms. The third-order valence-corrected chi connectivity index (χ3v) is 2.56. The van der Waals surface area contributed by atoms with Crippen LogP contribution in [0.2, 0.25) is 0 Å². The van der Waals surface area contributed by atoms with Gasteiger partial charge < -0.3 is 0 Å². The van der Waals surface area contributed by atoms with Crippen LogP contribution < -0.4 is 0 Å². The lowest BCUT2D eigenvalue weighted by atomic mass is 10.0. The van der Waals surface area contributed by atoms with Crippen molar-refractivity contribution in [1.29, 1.82) is 0 Å². The van der Waals surface area contributed by atoms with Gasteiger partial charge in [-0.15, -0.1) is 0 Å². The zero-order valence-electron chi connectivity index (χ0n) is 7.74. The van der Waals surface area contributed by atoms with Crippen LogP contribution >= 0.6 is 15.9 Å². The minimum Gasteiger partial charge on any atom is -0.0841 e. The summed E-state index contributed by atoms with van der Waals surface area (Å²) < 4.78 is 0.961. The number of halogens is 1. The van der Waals surface area contributed by atoms with Crippen molar-refractivity contribution in [3.8, 4) is 0 Å². The molecule has 0 saturated heterocycles. The fourth-order valence-corrected chi connectivity index (χ4v) is 1.68. The zero-order chi connectivity index (χ0) is 9.30. The van der Waals surface area contributed by atoms with Crippen molar-refractivity contribution in [2.45, 2.75) is 20.8 Å². The molecule has 0 heterocycles. The molecule has 64 valence electrons. The summed E-state index contributed by atoms with van der Waals surface area (Å²) in [5.74, 6) is 0. The fraction of sp³-hybridized carbons (Fsp3) is 0.273. The van der Waals surface area contributed by atoms with Crippen molar-refractivity contribution in [3.63, 3.8) is 0 Å². The highest BCUT2D eigenvalue weighted by atomic mass is 79.9. The van der Waals surface area contributed by atoms with Crippen LogP contribution in [0.1, 0.15) is 22.3 Å². The number of hydrogen-bond donors (Lipinski definition) is 0. The van der Waals surface area contributed by atoms with E-state index in [2.05, 4.69) is 55.4 Å². The molecule has 0 bridgehead atoms. The molecule has 0 saturated carbocycles. The van der Waals surface area contributed by atoms with Crippen LogP contribution in [0.15, 0.2) is 18.7 Å². The first-order chi connectivity index (χ1) is 5.52. The Morgan fingerprint density at radius 1 is 1.08 bits per heavy atom. The largest absolute Gasteiger partial charge is 0.0841 e. The van der Waals surface area contributed by atoms with Crippen molar-refractivity contribution >= 4 is 20.4 Å². The normalized spacial score (nSPS) is 10.0. The first-order valence-electron chi connectivity index (χ1n) is 3.95. The van der Waals surface area contributed by atoms with Crippen molar-refractivity contribution < 1.29 is 0 Å². The van der Waals surface area contributed by atoms with Crippen LogP contribution in [0.4, 0.5) is 0 Å². The van der Waals surface area contributed by atoms with Crippen LogP contribution in [0.25, 0.3) is 4.48 Å². The SMILES string of the molecule is C=C(Br)c1cc(C)c(C)cc1C. The maximum atomic E-state index is 3.87. The highest BCUT2D eigenvalue weighted by Crippen LogP contribution is 2.25. The van der Waals surface area contributed by atoms with E-state index in [4.69, 9.17) is 0 Å². The lowest BCUT2D eigenvalue weighted by Gasteiger charge is -2.07.